The van der Waals surface area contributed by atoms with Crippen LogP contribution in [0.3, 0.4) is 0 Å². The molecule has 3 fully saturated rings. The zero-order chi connectivity index (χ0) is 20.8. The summed E-state index contributed by atoms with van der Waals surface area (Å²) in [5, 5.41) is 23.6. The van der Waals surface area contributed by atoms with Crippen LogP contribution in [-0.2, 0) is 0 Å². The Bertz CT molecular complexity index is 689. The Morgan fingerprint density at radius 2 is 1.10 bits per heavy atom. The van der Waals surface area contributed by atoms with Crippen LogP contribution in [0.4, 0.5) is 0 Å². The number of nitrogens with zero attached hydrogens (tertiary/aromatic N) is 5. The minimum Gasteiger partial charge on any atom is -0.317 e. The standard InChI is InChI=1S/C14H24N4.C9H15N3.CH4/c1-11-10-14(17-16-11)12-4-8-18(9-5-12)13-2-6-15-7-3-13;1-7-6-9(12-11-7)8-2-4-10-5-3-8;/h12-13,15H,2-10H2,1H3;8,10H,2-6H2,1H3;1H4. The van der Waals surface area contributed by atoms with Crippen molar-refractivity contribution < 1.29 is 0 Å². The average Bonchev–Trinajstić information content (AvgIpc) is 3.44. The normalized spacial score (nSPS) is 26.3. The van der Waals surface area contributed by atoms with E-state index in [1.165, 1.54) is 87.6 Å². The number of rotatable bonds is 3. The molecule has 0 aliphatic carbocycles. The van der Waals surface area contributed by atoms with Crippen molar-refractivity contribution in [3.63, 3.8) is 0 Å². The van der Waals surface area contributed by atoms with Crippen molar-refractivity contribution in [2.24, 2.45) is 32.2 Å². The minimum absolute atomic E-state index is 0. The fraction of sp³-hybridized carbons (Fsp3) is 0.833. The first-order valence-electron chi connectivity index (χ1n) is 12.0. The maximum atomic E-state index is 4.35. The molecule has 0 aromatic heterocycles. The predicted octanol–water partition coefficient (Wildman–Crippen LogP) is 3.51. The van der Waals surface area contributed by atoms with Crippen LogP contribution in [0.2, 0.25) is 0 Å². The molecule has 5 aliphatic heterocycles. The van der Waals surface area contributed by atoms with Gasteiger partial charge in [-0.15, -0.1) is 0 Å². The summed E-state index contributed by atoms with van der Waals surface area (Å²) >= 11 is 0. The molecular formula is C24H43N7. The van der Waals surface area contributed by atoms with Gasteiger partial charge >= 0.3 is 0 Å². The molecule has 0 bridgehead atoms. The van der Waals surface area contributed by atoms with Gasteiger partial charge in [0.25, 0.3) is 0 Å². The van der Waals surface area contributed by atoms with E-state index in [0.29, 0.717) is 11.8 Å². The van der Waals surface area contributed by atoms with Gasteiger partial charge in [0.2, 0.25) is 0 Å². The smallest absolute Gasteiger partial charge is 0.0494 e. The lowest BCUT2D eigenvalue weighted by Gasteiger charge is -2.39. The van der Waals surface area contributed by atoms with E-state index in [9.17, 15) is 0 Å². The van der Waals surface area contributed by atoms with Gasteiger partial charge in [0, 0.05) is 53.6 Å². The van der Waals surface area contributed by atoms with Crippen LogP contribution in [-0.4, -0.2) is 73.1 Å². The average molecular weight is 430 g/mol. The van der Waals surface area contributed by atoms with Crippen LogP contribution in [0.25, 0.3) is 0 Å². The van der Waals surface area contributed by atoms with Crippen LogP contribution >= 0.6 is 0 Å². The molecule has 2 N–H and O–H groups in total. The van der Waals surface area contributed by atoms with E-state index in [-0.39, 0.29) is 7.43 Å². The lowest BCUT2D eigenvalue weighted by molar-refractivity contribution is 0.125. The molecule has 0 aromatic rings. The molecular weight excluding hydrogens is 386 g/mol. The molecule has 5 heterocycles. The minimum atomic E-state index is 0. The van der Waals surface area contributed by atoms with E-state index in [1.54, 1.807) is 0 Å². The molecule has 0 unspecified atom stereocenters. The Morgan fingerprint density at radius 1 is 0.645 bits per heavy atom. The van der Waals surface area contributed by atoms with E-state index in [4.69, 9.17) is 0 Å². The maximum Gasteiger partial charge on any atom is 0.0494 e. The zero-order valence-corrected chi connectivity index (χ0v) is 18.9. The van der Waals surface area contributed by atoms with Gasteiger partial charge in [0.15, 0.2) is 0 Å². The lowest BCUT2D eigenvalue weighted by atomic mass is 9.88. The van der Waals surface area contributed by atoms with Gasteiger partial charge in [-0.1, -0.05) is 7.43 Å². The molecule has 0 radical (unpaired) electrons. The van der Waals surface area contributed by atoms with Crippen LogP contribution in [0.5, 0.6) is 0 Å². The first kappa shape index (κ1) is 24.2. The van der Waals surface area contributed by atoms with E-state index in [2.05, 4.69) is 49.8 Å². The van der Waals surface area contributed by atoms with Gasteiger partial charge in [0.1, 0.15) is 0 Å². The Kier molecular flexibility index (Phi) is 9.35. The van der Waals surface area contributed by atoms with Crippen molar-refractivity contribution >= 4 is 22.8 Å². The number of likely N-dealkylation sites (tertiary alicyclic amines) is 1. The second-order valence-corrected chi connectivity index (χ2v) is 9.52. The molecule has 0 amide bonds. The molecule has 3 saturated heterocycles. The summed E-state index contributed by atoms with van der Waals surface area (Å²) in [6.45, 7) is 11.3. The SMILES string of the molecule is C.CC1=NN=C(C2CCN(C3CCNCC3)CC2)C1.CC1=NN=C(C2CCNCC2)C1. The quantitative estimate of drug-likeness (QED) is 0.721. The third-order valence-corrected chi connectivity index (χ3v) is 7.21. The predicted molar refractivity (Wildman–Crippen MR) is 133 cm³/mol. The van der Waals surface area contributed by atoms with E-state index < -0.39 is 0 Å². The topological polar surface area (TPSA) is 76.7 Å². The molecule has 0 atom stereocenters. The van der Waals surface area contributed by atoms with Gasteiger partial charge in [-0.2, -0.15) is 20.4 Å². The Hall–Kier alpha value is -1.44. The molecule has 5 aliphatic rings. The summed E-state index contributed by atoms with van der Waals surface area (Å²) in [6.07, 6.45) is 9.74. The van der Waals surface area contributed by atoms with E-state index in [0.717, 1.165) is 32.0 Å². The second kappa shape index (κ2) is 12.0. The van der Waals surface area contributed by atoms with Crippen LogP contribution in [0, 0.1) is 11.8 Å². The van der Waals surface area contributed by atoms with Crippen LogP contribution in [0.1, 0.15) is 72.6 Å². The van der Waals surface area contributed by atoms with E-state index >= 15 is 0 Å². The molecule has 174 valence electrons. The summed E-state index contributed by atoms with van der Waals surface area (Å²) in [7, 11) is 0. The van der Waals surface area contributed by atoms with Crippen LogP contribution in [0.15, 0.2) is 20.4 Å². The molecule has 7 heteroatoms. The maximum absolute atomic E-state index is 4.35. The Labute approximate surface area is 188 Å². The first-order valence-corrected chi connectivity index (χ1v) is 12.0. The fourth-order valence-corrected chi connectivity index (χ4v) is 5.34. The summed E-state index contributed by atoms with van der Waals surface area (Å²) in [6, 6.07) is 0.829. The zero-order valence-electron chi connectivity index (χ0n) is 18.9. The van der Waals surface area contributed by atoms with Crippen LogP contribution < -0.4 is 10.6 Å². The summed E-state index contributed by atoms with van der Waals surface area (Å²) in [5.74, 6) is 1.40. The molecule has 7 nitrogen and oxygen atoms in total. The third-order valence-electron chi connectivity index (χ3n) is 7.21. The highest BCUT2D eigenvalue weighted by molar-refractivity contribution is 6.07. The summed E-state index contributed by atoms with van der Waals surface area (Å²) in [5.41, 5.74) is 5.01. The van der Waals surface area contributed by atoms with Crippen molar-refractivity contribution in [2.75, 3.05) is 39.3 Å². The summed E-state index contributed by atoms with van der Waals surface area (Å²) in [4.78, 5) is 2.71. The monoisotopic (exact) mass is 429 g/mol. The van der Waals surface area contributed by atoms with E-state index in [1.807, 2.05) is 0 Å². The Morgan fingerprint density at radius 3 is 1.55 bits per heavy atom. The highest BCUT2D eigenvalue weighted by atomic mass is 15.2. The van der Waals surface area contributed by atoms with Crippen molar-refractivity contribution in [3.05, 3.63) is 0 Å². The third kappa shape index (κ3) is 6.77. The summed E-state index contributed by atoms with van der Waals surface area (Å²) < 4.78 is 0. The van der Waals surface area contributed by atoms with Gasteiger partial charge in [-0.3, -0.25) is 0 Å². The van der Waals surface area contributed by atoms with Crippen molar-refractivity contribution in [3.8, 4) is 0 Å². The van der Waals surface area contributed by atoms with Crippen molar-refractivity contribution in [1.82, 2.24) is 15.5 Å². The van der Waals surface area contributed by atoms with Gasteiger partial charge < -0.3 is 15.5 Å². The highest BCUT2D eigenvalue weighted by Crippen LogP contribution is 2.26. The molecule has 5 rings (SSSR count). The Balaban J connectivity index is 0.000000183. The van der Waals surface area contributed by atoms with Gasteiger partial charge in [0.05, 0.1) is 0 Å². The number of piperidine rings is 3. The van der Waals surface area contributed by atoms with Crippen molar-refractivity contribution in [1.29, 1.82) is 0 Å². The molecule has 31 heavy (non-hydrogen) atoms. The van der Waals surface area contributed by atoms with Gasteiger partial charge in [-0.05, 0) is 91.6 Å². The largest absolute Gasteiger partial charge is 0.317 e. The molecule has 0 aromatic carbocycles. The second-order valence-electron chi connectivity index (χ2n) is 9.52. The fourth-order valence-electron chi connectivity index (χ4n) is 5.34. The number of hydrogen-bond acceptors (Lipinski definition) is 7. The molecule has 0 spiro atoms. The number of nitrogens with one attached hydrogen (secondary N) is 2. The molecule has 0 saturated carbocycles. The van der Waals surface area contributed by atoms with Gasteiger partial charge in [-0.25, -0.2) is 0 Å². The highest BCUT2D eigenvalue weighted by Gasteiger charge is 2.29. The first-order chi connectivity index (χ1) is 14.7. The lowest BCUT2D eigenvalue weighted by Crippen LogP contribution is -2.47. The number of hydrogen-bond donors (Lipinski definition) is 2. The van der Waals surface area contributed by atoms with Crippen molar-refractivity contribution in [2.45, 2.75) is 78.7 Å².